The number of ether oxygens (including phenoxy) is 2. The molecule has 4 aliphatic carbocycles. The number of carbonyl (C=O) groups excluding carboxylic acids is 1. The summed E-state index contributed by atoms with van der Waals surface area (Å²) >= 11 is 0. The maximum atomic E-state index is 14.7. The number of hydrogen-bond donors (Lipinski definition) is 1. The molecule has 10 nitrogen and oxygen atoms in total. The number of aromatic nitrogens is 2. The fourth-order valence-corrected chi connectivity index (χ4v) is 8.98. The monoisotopic (exact) mass is 670 g/mol. The molecule has 2 unspecified atom stereocenters. The topological polar surface area (TPSA) is 118 Å². The molecule has 1 saturated heterocycles. The van der Waals surface area contributed by atoms with Gasteiger partial charge in [-0.1, -0.05) is 45.2 Å². The summed E-state index contributed by atoms with van der Waals surface area (Å²) in [5.74, 6) is 2.04. The van der Waals surface area contributed by atoms with Gasteiger partial charge in [-0.3, -0.25) is 14.6 Å². The van der Waals surface area contributed by atoms with Crippen molar-refractivity contribution in [3.63, 3.8) is 0 Å². The third-order valence-electron chi connectivity index (χ3n) is 12.1. The van der Waals surface area contributed by atoms with Crippen LogP contribution < -0.4 is 9.64 Å². The number of pyridine rings is 1. The Hall–Kier alpha value is -3.92. The number of methoxy groups -OCH3 is 1. The minimum absolute atomic E-state index is 0.0651. The average molecular weight is 671 g/mol. The van der Waals surface area contributed by atoms with Gasteiger partial charge < -0.3 is 19.0 Å². The van der Waals surface area contributed by atoms with Gasteiger partial charge in [0.05, 0.1) is 19.8 Å². The van der Waals surface area contributed by atoms with Gasteiger partial charge in [0, 0.05) is 30.3 Å². The molecule has 5 fully saturated rings. The number of nitrogens with zero attached hydrogens (tertiary/aromatic N) is 4. The normalized spacial score (nSPS) is 26.7. The summed E-state index contributed by atoms with van der Waals surface area (Å²) in [5.41, 5.74) is 4.13. The molecule has 10 heteroatoms. The van der Waals surface area contributed by atoms with Gasteiger partial charge in [0.1, 0.15) is 23.5 Å². The van der Waals surface area contributed by atoms with E-state index >= 15 is 0 Å². The summed E-state index contributed by atoms with van der Waals surface area (Å²) < 4.78 is 17.3. The van der Waals surface area contributed by atoms with Crippen molar-refractivity contribution in [3.05, 3.63) is 59.8 Å². The van der Waals surface area contributed by atoms with E-state index in [2.05, 4.69) is 25.1 Å². The van der Waals surface area contributed by atoms with Gasteiger partial charge in [-0.25, -0.2) is 14.8 Å². The van der Waals surface area contributed by atoms with Crippen LogP contribution in [-0.2, 0) is 14.9 Å². The molecule has 5 aliphatic rings. The third-order valence-corrected chi connectivity index (χ3v) is 12.1. The number of amides is 2. The molecule has 1 aliphatic heterocycles. The van der Waals surface area contributed by atoms with Crippen LogP contribution in [0.5, 0.6) is 5.75 Å². The van der Waals surface area contributed by atoms with E-state index in [1.165, 1.54) is 10.5 Å². The maximum absolute atomic E-state index is 14.7. The minimum Gasteiger partial charge on any atom is -0.496 e. The number of oxazole rings is 1. The summed E-state index contributed by atoms with van der Waals surface area (Å²) in [6, 6.07) is 9.83. The van der Waals surface area contributed by atoms with Crippen molar-refractivity contribution in [1.29, 1.82) is 0 Å². The SMILES string of the molecule is COc1ccc(C23CCC(CN(C(=O)C4OCC4N(C(=O)O)C4CCCCC4)c4cc(-c5coc(C(C)C)n5)ccn4)(CC2)CC3)cc1C. The molecular formula is C39H50N4O6. The molecule has 2 bridgehead atoms. The van der Waals surface area contributed by atoms with E-state index in [-0.39, 0.29) is 35.3 Å². The lowest BCUT2D eigenvalue weighted by atomic mass is 9.51. The molecule has 2 aromatic heterocycles. The Morgan fingerprint density at radius 3 is 2.37 bits per heavy atom. The van der Waals surface area contributed by atoms with E-state index in [4.69, 9.17) is 23.9 Å². The number of aryl methyl sites for hydroxylation is 1. The summed E-state index contributed by atoms with van der Waals surface area (Å²) in [6.07, 6.45) is 12.5. The van der Waals surface area contributed by atoms with Crippen LogP contribution in [0, 0.1) is 12.3 Å². The number of benzene rings is 1. The first-order chi connectivity index (χ1) is 23.6. The van der Waals surface area contributed by atoms with Gasteiger partial charge in [0.15, 0.2) is 12.0 Å². The van der Waals surface area contributed by atoms with Crippen LogP contribution in [0.15, 0.2) is 47.2 Å². The van der Waals surface area contributed by atoms with Crippen LogP contribution in [0.4, 0.5) is 10.6 Å². The molecule has 262 valence electrons. The van der Waals surface area contributed by atoms with E-state index in [9.17, 15) is 14.7 Å². The zero-order valence-corrected chi connectivity index (χ0v) is 29.3. The fourth-order valence-electron chi connectivity index (χ4n) is 8.98. The molecule has 1 aromatic carbocycles. The van der Waals surface area contributed by atoms with Crippen molar-refractivity contribution >= 4 is 17.8 Å². The Morgan fingerprint density at radius 2 is 1.78 bits per heavy atom. The first-order valence-corrected chi connectivity index (χ1v) is 18.1. The summed E-state index contributed by atoms with van der Waals surface area (Å²) in [7, 11) is 1.72. The number of rotatable bonds is 10. The first kappa shape index (κ1) is 33.6. The Labute approximate surface area is 289 Å². The minimum atomic E-state index is -0.972. The molecule has 3 heterocycles. The number of carbonyl (C=O) groups is 2. The second-order valence-corrected chi connectivity index (χ2v) is 15.3. The molecule has 2 atom stereocenters. The molecule has 49 heavy (non-hydrogen) atoms. The van der Waals surface area contributed by atoms with Crippen LogP contribution in [0.25, 0.3) is 11.3 Å². The van der Waals surface area contributed by atoms with Crippen molar-refractivity contribution in [2.75, 3.05) is 25.2 Å². The maximum Gasteiger partial charge on any atom is 0.407 e. The van der Waals surface area contributed by atoms with Crippen LogP contribution >= 0.6 is 0 Å². The highest BCUT2D eigenvalue weighted by Gasteiger charge is 2.53. The number of carboxylic acid groups (broad SMARTS) is 1. The van der Waals surface area contributed by atoms with Crippen molar-refractivity contribution in [1.82, 2.24) is 14.9 Å². The predicted molar refractivity (Wildman–Crippen MR) is 186 cm³/mol. The molecule has 3 aromatic rings. The highest BCUT2D eigenvalue weighted by Crippen LogP contribution is 2.58. The highest BCUT2D eigenvalue weighted by molar-refractivity contribution is 5.97. The molecule has 4 saturated carbocycles. The predicted octanol–water partition coefficient (Wildman–Crippen LogP) is 7.88. The van der Waals surface area contributed by atoms with Gasteiger partial charge in [0.2, 0.25) is 0 Å². The molecule has 0 radical (unpaired) electrons. The van der Waals surface area contributed by atoms with Crippen molar-refractivity contribution in [2.24, 2.45) is 5.41 Å². The van der Waals surface area contributed by atoms with Crippen LogP contribution in [-0.4, -0.2) is 70.4 Å². The van der Waals surface area contributed by atoms with Crippen LogP contribution in [0.2, 0.25) is 0 Å². The molecule has 1 N–H and O–H groups in total. The Bertz CT molecular complexity index is 1650. The Kier molecular flexibility index (Phi) is 9.19. The summed E-state index contributed by atoms with van der Waals surface area (Å²) in [5, 5.41) is 10.3. The van der Waals surface area contributed by atoms with Crippen LogP contribution in [0.1, 0.15) is 107 Å². The van der Waals surface area contributed by atoms with Gasteiger partial charge in [-0.2, -0.15) is 0 Å². The van der Waals surface area contributed by atoms with Crippen molar-refractivity contribution < 1.29 is 28.6 Å². The van der Waals surface area contributed by atoms with E-state index in [0.29, 0.717) is 23.9 Å². The van der Waals surface area contributed by atoms with E-state index < -0.39 is 18.2 Å². The highest BCUT2D eigenvalue weighted by atomic mass is 16.5. The van der Waals surface area contributed by atoms with Crippen LogP contribution in [0.3, 0.4) is 0 Å². The second kappa shape index (κ2) is 13.4. The van der Waals surface area contributed by atoms with Gasteiger partial charge >= 0.3 is 6.09 Å². The lowest BCUT2D eigenvalue weighted by Crippen LogP contribution is -2.66. The second-order valence-electron chi connectivity index (χ2n) is 15.3. The summed E-state index contributed by atoms with van der Waals surface area (Å²) in [6.45, 7) is 6.92. The van der Waals surface area contributed by atoms with Gasteiger partial charge in [-0.15, -0.1) is 0 Å². The zero-order valence-electron chi connectivity index (χ0n) is 29.3. The number of hydrogen-bond acceptors (Lipinski definition) is 7. The smallest absolute Gasteiger partial charge is 0.407 e. The number of anilines is 1. The quantitative estimate of drug-likeness (QED) is 0.232. The Balaban J connectivity index is 1.17. The van der Waals surface area contributed by atoms with Crippen molar-refractivity contribution in [2.45, 2.75) is 121 Å². The average Bonchev–Trinajstić information content (AvgIpc) is 3.61. The molecule has 2 amide bonds. The standard InChI is InChI=1S/C39H50N4O6/c1-25(2)35-41-30(22-49-35)27-12-19-40-33(21-27)42(36(44)34-31(23-48-34)43(37(45)46)29-8-6-5-7-9-29)24-38-13-16-39(17-14-38,18-15-38)28-10-11-32(47-4)26(3)20-28/h10-12,19-22,25,29,31,34H,5-9,13-18,23-24H2,1-4H3,(H,45,46). The van der Waals surface area contributed by atoms with E-state index in [0.717, 1.165) is 87.5 Å². The number of fused-ring (bicyclic) bond motifs is 3. The van der Waals surface area contributed by atoms with Gasteiger partial charge in [-0.05, 0) is 98.4 Å². The molecule has 8 rings (SSSR count). The van der Waals surface area contributed by atoms with E-state index in [1.807, 2.05) is 26.0 Å². The molecular weight excluding hydrogens is 620 g/mol. The largest absolute Gasteiger partial charge is 0.496 e. The Morgan fingerprint density at radius 1 is 1.04 bits per heavy atom. The van der Waals surface area contributed by atoms with Crippen molar-refractivity contribution in [3.8, 4) is 17.0 Å². The summed E-state index contributed by atoms with van der Waals surface area (Å²) in [4.78, 5) is 40.1. The zero-order chi connectivity index (χ0) is 34.3. The fraction of sp³-hybridized carbons (Fsp3) is 0.590. The van der Waals surface area contributed by atoms with E-state index in [1.54, 1.807) is 24.5 Å². The third kappa shape index (κ3) is 6.33. The van der Waals surface area contributed by atoms with Gasteiger partial charge in [0.25, 0.3) is 5.91 Å². The lowest BCUT2D eigenvalue weighted by Gasteiger charge is -2.55. The first-order valence-electron chi connectivity index (χ1n) is 18.1. The molecule has 0 spiro atoms. The lowest BCUT2D eigenvalue weighted by molar-refractivity contribution is -0.164.